The third kappa shape index (κ3) is 9.15. The SMILES string of the molecule is CN(C)C(=O)CN=C(NCCc1ccco1)N1CCN(CC(=O)N2CCCCCC2)CC1.I. The molecule has 1 aromatic heterocycles. The van der Waals surface area contributed by atoms with Crippen LogP contribution >= 0.6 is 24.0 Å². The van der Waals surface area contributed by atoms with Crippen LogP contribution < -0.4 is 5.32 Å². The van der Waals surface area contributed by atoms with Gasteiger partial charge in [0.15, 0.2) is 5.96 Å². The molecule has 1 aromatic rings. The molecule has 10 heteroatoms. The molecular formula is C23H39IN6O3. The van der Waals surface area contributed by atoms with Crippen molar-refractivity contribution in [1.82, 2.24) is 24.9 Å². The monoisotopic (exact) mass is 574 g/mol. The molecule has 0 bridgehead atoms. The molecule has 2 saturated heterocycles. The van der Waals surface area contributed by atoms with Crippen LogP contribution in [-0.2, 0) is 16.0 Å². The van der Waals surface area contributed by atoms with E-state index in [2.05, 4.69) is 20.1 Å². The highest BCUT2D eigenvalue weighted by Crippen LogP contribution is 2.11. The molecule has 2 fully saturated rings. The maximum atomic E-state index is 12.7. The number of nitrogens with one attached hydrogen (secondary N) is 1. The molecule has 33 heavy (non-hydrogen) atoms. The number of amides is 2. The number of hydrogen-bond donors (Lipinski definition) is 1. The zero-order valence-electron chi connectivity index (χ0n) is 20.0. The third-order valence-corrected chi connectivity index (χ3v) is 6.09. The van der Waals surface area contributed by atoms with Gasteiger partial charge in [-0.25, -0.2) is 4.99 Å². The van der Waals surface area contributed by atoms with Crippen molar-refractivity contribution in [2.45, 2.75) is 32.1 Å². The molecule has 3 rings (SSSR count). The van der Waals surface area contributed by atoms with Gasteiger partial charge in [-0.15, -0.1) is 24.0 Å². The summed E-state index contributed by atoms with van der Waals surface area (Å²) in [5.74, 6) is 1.88. The van der Waals surface area contributed by atoms with E-state index in [1.54, 1.807) is 25.3 Å². The van der Waals surface area contributed by atoms with E-state index in [-0.39, 0.29) is 42.3 Å². The number of likely N-dealkylation sites (N-methyl/N-ethyl adjacent to an activating group) is 1. The average molecular weight is 575 g/mol. The number of carbonyl (C=O) groups excluding carboxylic acids is 2. The number of rotatable bonds is 7. The Hall–Kier alpha value is -1.82. The molecule has 0 spiro atoms. The first-order valence-corrected chi connectivity index (χ1v) is 11.8. The lowest BCUT2D eigenvalue weighted by Crippen LogP contribution is -2.54. The van der Waals surface area contributed by atoms with Gasteiger partial charge < -0.3 is 24.4 Å². The topological polar surface area (TPSA) is 84.6 Å². The van der Waals surface area contributed by atoms with E-state index in [0.29, 0.717) is 13.1 Å². The second-order valence-electron chi connectivity index (χ2n) is 8.74. The molecular weight excluding hydrogens is 535 g/mol. The van der Waals surface area contributed by atoms with Gasteiger partial charge in [0.1, 0.15) is 12.3 Å². The number of likely N-dealkylation sites (tertiary alicyclic amines) is 1. The van der Waals surface area contributed by atoms with Crippen molar-refractivity contribution in [2.75, 3.05) is 73.0 Å². The van der Waals surface area contributed by atoms with Crippen LogP contribution in [-0.4, -0.2) is 110 Å². The van der Waals surface area contributed by atoms with E-state index in [1.165, 1.54) is 12.8 Å². The number of nitrogens with zero attached hydrogens (tertiary/aromatic N) is 5. The standard InChI is InChI=1S/C23H38N6O3.HI/c1-26(2)21(30)18-25-23(24-10-9-20-8-7-17-32-20)29-15-13-27(14-16-29)19-22(31)28-11-5-3-4-6-12-28;/h7-8,17H,3-6,9-16,18-19H2,1-2H3,(H,24,25);1H. The van der Waals surface area contributed by atoms with Crippen LogP contribution in [0.15, 0.2) is 27.8 Å². The van der Waals surface area contributed by atoms with Crippen LogP contribution in [0.25, 0.3) is 0 Å². The quantitative estimate of drug-likeness (QED) is 0.302. The molecule has 1 N–H and O–H groups in total. The van der Waals surface area contributed by atoms with Gasteiger partial charge in [-0.2, -0.15) is 0 Å². The van der Waals surface area contributed by atoms with Gasteiger partial charge in [0, 0.05) is 66.3 Å². The first kappa shape index (κ1) is 27.4. The van der Waals surface area contributed by atoms with E-state index >= 15 is 0 Å². The Morgan fingerprint density at radius 3 is 2.33 bits per heavy atom. The van der Waals surface area contributed by atoms with Gasteiger partial charge >= 0.3 is 0 Å². The van der Waals surface area contributed by atoms with Crippen LogP contribution in [0.5, 0.6) is 0 Å². The lowest BCUT2D eigenvalue weighted by Gasteiger charge is -2.37. The molecule has 0 unspecified atom stereocenters. The fraction of sp³-hybridized carbons (Fsp3) is 0.696. The first-order chi connectivity index (χ1) is 15.5. The van der Waals surface area contributed by atoms with Crippen LogP contribution in [0.2, 0.25) is 0 Å². The summed E-state index contributed by atoms with van der Waals surface area (Å²) in [6.07, 6.45) is 7.12. The summed E-state index contributed by atoms with van der Waals surface area (Å²) >= 11 is 0. The lowest BCUT2D eigenvalue weighted by atomic mass is 10.2. The predicted molar refractivity (Wildman–Crippen MR) is 140 cm³/mol. The van der Waals surface area contributed by atoms with E-state index in [4.69, 9.17) is 4.42 Å². The summed E-state index contributed by atoms with van der Waals surface area (Å²) in [5.41, 5.74) is 0. The maximum Gasteiger partial charge on any atom is 0.243 e. The Morgan fingerprint density at radius 1 is 1.03 bits per heavy atom. The Labute approximate surface area is 214 Å². The van der Waals surface area contributed by atoms with Crippen LogP contribution in [0.1, 0.15) is 31.4 Å². The Balaban J connectivity index is 0.00000385. The molecule has 2 amide bonds. The van der Waals surface area contributed by atoms with Crippen molar-refractivity contribution >= 4 is 41.8 Å². The van der Waals surface area contributed by atoms with E-state index in [1.807, 2.05) is 17.0 Å². The third-order valence-electron chi connectivity index (χ3n) is 6.09. The molecule has 3 heterocycles. The van der Waals surface area contributed by atoms with Crippen molar-refractivity contribution in [3.05, 3.63) is 24.2 Å². The first-order valence-electron chi connectivity index (χ1n) is 11.8. The highest BCUT2D eigenvalue weighted by molar-refractivity contribution is 14.0. The number of aliphatic imine (C=N–C) groups is 1. The smallest absolute Gasteiger partial charge is 0.243 e. The van der Waals surface area contributed by atoms with Gasteiger partial charge in [0.2, 0.25) is 11.8 Å². The molecule has 0 radical (unpaired) electrons. The Kier molecular flexibility index (Phi) is 12.0. The highest BCUT2D eigenvalue weighted by atomic mass is 127. The summed E-state index contributed by atoms with van der Waals surface area (Å²) < 4.78 is 5.40. The number of carbonyl (C=O) groups is 2. The summed E-state index contributed by atoms with van der Waals surface area (Å²) in [7, 11) is 3.48. The number of halogens is 1. The summed E-state index contributed by atoms with van der Waals surface area (Å²) in [6.45, 7) is 6.24. The van der Waals surface area contributed by atoms with Crippen molar-refractivity contribution < 1.29 is 14.0 Å². The second-order valence-corrected chi connectivity index (χ2v) is 8.74. The summed E-state index contributed by atoms with van der Waals surface area (Å²) in [5, 5.41) is 3.39. The minimum absolute atomic E-state index is 0. The van der Waals surface area contributed by atoms with E-state index in [9.17, 15) is 9.59 Å². The van der Waals surface area contributed by atoms with Crippen molar-refractivity contribution in [3.8, 4) is 0 Å². The average Bonchev–Trinajstić information content (AvgIpc) is 3.15. The van der Waals surface area contributed by atoms with Crippen molar-refractivity contribution in [1.29, 1.82) is 0 Å². The lowest BCUT2D eigenvalue weighted by molar-refractivity contribution is -0.132. The molecule has 2 aliphatic heterocycles. The predicted octanol–water partition coefficient (Wildman–Crippen LogP) is 1.49. The largest absolute Gasteiger partial charge is 0.469 e. The number of hydrogen-bond acceptors (Lipinski definition) is 5. The molecule has 2 aliphatic rings. The molecule has 186 valence electrons. The second kappa shape index (κ2) is 14.4. The zero-order chi connectivity index (χ0) is 22.8. The molecule has 0 aliphatic carbocycles. The highest BCUT2D eigenvalue weighted by Gasteiger charge is 2.24. The van der Waals surface area contributed by atoms with Gasteiger partial charge in [-0.3, -0.25) is 14.5 Å². The minimum atomic E-state index is -0.0305. The summed E-state index contributed by atoms with van der Waals surface area (Å²) in [4.78, 5) is 37.3. The minimum Gasteiger partial charge on any atom is -0.469 e. The number of guanidine groups is 1. The maximum absolute atomic E-state index is 12.7. The van der Waals surface area contributed by atoms with Gasteiger partial charge in [-0.1, -0.05) is 12.8 Å². The van der Waals surface area contributed by atoms with Gasteiger partial charge in [-0.05, 0) is 25.0 Å². The normalized spacial score (nSPS) is 17.8. The number of piperazine rings is 1. The molecule has 0 saturated carbocycles. The van der Waals surface area contributed by atoms with Gasteiger partial charge in [0.25, 0.3) is 0 Å². The fourth-order valence-electron chi connectivity index (χ4n) is 4.03. The fourth-order valence-corrected chi connectivity index (χ4v) is 4.03. The molecule has 0 aromatic carbocycles. The van der Waals surface area contributed by atoms with Crippen molar-refractivity contribution in [2.24, 2.45) is 4.99 Å². The van der Waals surface area contributed by atoms with Crippen LogP contribution in [0.3, 0.4) is 0 Å². The Bertz CT molecular complexity index is 739. The molecule has 9 nitrogen and oxygen atoms in total. The summed E-state index contributed by atoms with van der Waals surface area (Å²) in [6, 6.07) is 3.83. The zero-order valence-corrected chi connectivity index (χ0v) is 22.3. The molecule has 0 atom stereocenters. The van der Waals surface area contributed by atoms with Crippen LogP contribution in [0.4, 0.5) is 0 Å². The van der Waals surface area contributed by atoms with E-state index < -0.39 is 0 Å². The van der Waals surface area contributed by atoms with Gasteiger partial charge in [0.05, 0.1) is 12.8 Å². The van der Waals surface area contributed by atoms with Crippen LogP contribution in [0, 0.1) is 0 Å². The number of furan rings is 1. The van der Waals surface area contributed by atoms with E-state index in [0.717, 1.165) is 70.3 Å². The van der Waals surface area contributed by atoms with Crippen molar-refractivity contribution in [3.63, 3.8) is 0 Å². The Morgan fingerprint density at radius 2 is 1.73 bits per heavy atom.